The molecule has 2 heterocycles. The molecule has 126 valence electrons. The Morgan fingerprint density at radius 1 is 1.27 bits per heavy atom. The van der Waals surface area contributed by atoms with E-state index < -0.39 is 5.60 Å². The van der Waals surface area contributed by atoms with E-state index in [1.807, 2.05) is 24.7 Å². The molecule has 0 amide bonds. The number of aromatic nitrogens is 3. The second-order valence-electron chi connectivity index (χ2n) is 7.89. The van der Waals surface area contributed by atoms with Crippen LogP contribution >= 0.6 is 0 Å². The zero-order valence-electron chi connectivity index (χ0n) is 14.5. The first-order chi connectivity index (χ1) is 10.1. The maximum atomic E-state index is 10.2. The lowest BCUT2D eigenvalue weighted by Crippen LogP contribution is -2.46. The fraction of sp³-hybridized carbons (Fsp3) is 0.875. The molecule has 0 aliphatic carbocycles. The van der Waals surface area contributed by atoms with Gasteiger partial charge in [-0.15, -0.1) is 5.10 Å². The first-order valence-electron chi connectivity index (χ1n) is 8.11. The van der Waals surface area contributed by atoms with Crippen LogP contribution in [0.25, 0.3) is 0 Å². The van der Waals surface area contributed by atoms with Gasteiger partial charge in [-0.2, -0.15) is 0 Å². The van der Waals surface area contributed by atoms with Crippen LogP contribution in [-0.2, 0) is 16.8 Å². The van der Waals surface area contributed by atoms with Crippen molar-refractivity contribution in [2.24, 2.45) is 0 Å². The summed E-state index contributed by atoms with van der Waals surface area (Å²) in [6, 6.07) is 0.431. The van der Waals surface area contributed by atoms with Crippen LogP contribution in [-0.4, -0.2) is 56.4 Å². The van der Waals surface area contributed by atoms with Crippen LogP contribution < -0.4 is 0 Å². The van der Waals surface area contributed by atoms with Crippen molar-refractivity contribution in [3.05, 3.63) is 11.9 Å². The number of hydrogen-bond donors (Lipinski definition) is 1. The molecule has 1 N–H and O–H groups in total. The van der Waals surface area contributed by atoms with E-state index in [1.54, 1.807) is 0 Å². The first-order valence-corrected chi connectivity index (χ1v) is 8.11. The normalized spacial score (nSPS) is 18.1. The van der Waals surface area contributed by atoms with E-state index in [1.165, 1.54) is 0 Å². The molecule has 1 aromatic heterocycles. The van der Waals surface area contributed by atoms with Crippen LogP contribution in [0.4, 0.5) is 0 Å². The second kappa shape index (κ2) is 6.64. The van der Waals surface area contributed by atoms with Gasteiger partial charge in [0, 0.05) is 32.3 Å². The molecule has 1 aliphatic rings. The largest absolute Gasteiger partial charge is 0.389 e. The maximum absolute atomic E-state index is 10.2. The van der Waals surface area contributed by atoms with E-state index in [4.69, 9.17) is 4.74 Å². The molecular weight excluding hydrogens is 280 g/mol. The molecule has 2 rings (SSSR count). The van der Waals surface area contributed by atoms with E-state index in [-0.39, 0.29) is 5.54 Å². The highest BCUT2D eigenvalue weighted by Crippen LogP contribution is 2.20. The predicted molar refractivity (Wildman–Crippen MR) is 85.6 cm³/mol. The summed E-state index contributed by atoms with van der Waals surface area (Å²) in [5, 5.41) is 18.8. The van der Waals surface area contributed by atoms with Crippen LogP contribution in [0, 0.1) is 0 Å². The van der Waals surface area contributed by atoms with E-state index in [2.05, 4.69) is 36.0 Å². The molecule has 0 radical (unpaired) electrons. The molecular formula is C16H30N4O2. The summed E-state index contributed by atoms with van der Waals surface area (Å²) in [6.07, 6.45) is 4.02. The minimum atomic E-state index is -0.724. The monoisotopic (exact) mass is 310 g/mol. The third-order valence-corrected chi connectivity index (χ3v) is 3.89. The number of rotatable bonds is 5. The van der Waals surface area contributed by atoms with Gasteiger partial charge in [-0.25, -0.2) is 4.68 Å². The Balaban J connectivity index is 2.09. The number of nitrogens with zero attached hydrogens (tertiary/aromatic N) is 4. The molecule has 0 bridgehead atoms. The van der Waals surface area contributed by atoms with Gasteiger partial charge < -0.3 is 9.84 Å². The average molecular weight is 310 g/mol. The standard InChI is InChI=1S/C16H30N4O2/c1-15(2,3)20-11-13(17-18-20)10-19(12-16(4,5)21)14-6-8-22-9-7-14/h11,14,21H,6-10,12H2,1-5H3. The summed E-state index contributed by atoms with van der Waals surface area (Å²) in [5.74, 6) is 0. The second-order valence-corrected chi connectivity index (χ2v) is 7.89. The Morgan fingerprint density at radius 2 is 1.91 bits per heavy atom. The molecule has 0 atom stereocenters. The van der Waals surface area contributed by atoms with Gasteiger partial charge >= 0.3 is 0 Å². The molecule has 1 aromatic rings. The molecule has 1 saturated heterocycles. The Morgan fingerprint density at radius 3 is 2.41 bits per heavy atom. The minimum Gasteiger partial charge on any atom is -0.389 e. The summed E-state index contributed by atoms with van der Waals surface area (Å²) < 4.78 is 7.36. The fourth-order valence-electron chi connectivity index (χ4n) is 2.77. The average Bonchev–Trinajstić information content (AvgIpc) is 2.86. The predicted octanol–water partition coefficient (Wildman–Crippen LogP) is 1.78. The molecule has 0 aromatic carbocycles. The Kier molecular flexibility index (Phi) is 5.25. The third kappa shape index (κ3) is 5.04. The lowest BCUT2D eigenvalue weighted by molar-refractivity contribution is -0.0172. The lowest BCUT2D eigenvalue weighted by atomic mass is 10.0. The van der Waals surface area contributed by atoms with Crippen LogP contribution in [0.2, 0.25) is 0 Å². The van der Waals surface area contributed by atoms with Crippen molar-refractivity contribution in [2.45, 2.75) is 71.2 Å². The highest BCUT2D eigenvalue weighted by Gasteiger charge is 2.27. The molecule has 0 unspecified atom stereocenters. The van der Waals surface area contributed by atoms with E-state index in [9.17, 15) is 5.11 Å². The van der Waals surface area contributed by atoms with Crippen molar-refractivity contribution < 1.29 is 9.84 Å². The zero-order chi connectivity index (χ0) is 16.4. The van der Waals surface area contributed by atoms with Gasteiger partial charge in [0.15, 0.2) is 0 Å². The number of ether oxygens (including phenoxy) is 1. The van der Waals surface area contributed by atoms with E-state index in [0.717, 1.165) is 31.7 Å². The highest BCUT2D eigenvalue weighted by atomic mass is 16.5. The maximum Gasteiger partial charge on any atom is 0.0967 e. The van der Waals surface area contributed by atoms with Crippen molar-refractivity contribution in [3.63, 3.8) is 0 Å². The molecule has 6 nitrogen and oxygen atoms in total. The van der Waals surface area contributed by atoms with Crippen LogP contribution in [0.3, 0.4) is 0 Å². The van der Waals surface area contributed by atoms with Crippen molar-refractivity contribution in [2.75, 3.05) is 19.8 Å². The van der Waals surface area contributed by atoms with Gasteiger partial charge in [-0.3, -0.25) is 4.90 Å². The topological polar surface area (TPSA) is 63.4 Å². The highest BCUT2D eigenvalue weighted by molar-refractivity contribution is 4.96. The smallest absolute Gasteiger partial charge is 0.0967 e. The SMILES string of the molecule is CC(C)(O)CN(Cc1cn(C(C)(C)C)nn1)C1CCOCC1. The number of hydrogen-bond acceptors (Lipinski definition) is 5. The molecule has 0 saturated carbocycles. The molecule has 6 heteroatoms. The summed E-state index contributed by atoms with van der Waals surface area (Å²) >= 11 is 0. The van der Waals surface area contributed by atoms with E-state index in [0.29, 0.717) is 19.1 Å². The van der Waals surface area contributed by atoms with Gasteiger partial charge in [0.1, 0.15) is 0 Å². The summed E-state index contributed by atoms with van der Waals surface area (Å²) in [5.41, 5.74) is 0.161. The van der Waals surface area contributed by atoms with Gasteiger partial charge in [0.25, 0.3) is 0 Å². The van der Waals surface area contributed by atoms with Crippen LogP contribution in [0.5, 0.6) is 0 Å². The van der Waals surface area contributed by atoms with Crippen molar-refractivity contribution in [3.8, 4) is 0 Å². The Bertz CT molecular complexity index is 467. The van der Waals surface area contributed by atoms with Gasteiger partial charge in [0.05, 0.1) is 23.0 Å². The van der Waals surface area contributed by atoms with Crippen LogP contribution in [0.15, 0.2) is 6.20 Å². The zero-order valence-corrected chi connectivity index (χ0v) is 14.5. The van der Waals surface area contributed by atoms with Gasteiger partial charge in [-0.1, -0.05) is 5.21 Å². The van der Waals surface area contributed by atoms with Crippen LogP contribution in [0.1, 0.15) is 53.2 Å². The lowest BCUT2D eigenvalue weighted by Gasteiger charge is -2.37. The van der Waals surface area contributed by atoms with Gasteiger partial charge in [0.2, 0.25) is 0 Å². The van der Waals surface area contributed by atoms with Gasteiger partial charge in [-0.05, 0) is 47.5 Å². The van der Waals surface area contributed by atoms with Crippen molar-refractivity contribution in [1.82, 2.24) is 19.9 Å². The Labute approximate surface area is 133 Å². The first kappa shape index (κ1) is 17.4. The van der Waals surface area contributed by atoms with Crippen molar-refractivity contribution >= 4 is 0 Å². The van der Waals surface area contributed by atoms with E-state index >= 15 is 0 Å². The Hall–Kier alpha value is -0.980. The van der Waals surface area contributed by atoms with Crippen molar-refractivity contribution in [1.29, 1.82) is 0 Å². The summed E-state index contributed by atoms with van der Waals surface area (Å²) in [4.78, 5) is 2.32. The molecule has 1 aliphatic heterocycles. The molecule has 22 heavy (non-hydrogen) atoms. The molecule has 0 spiro atoms. The summed E-state index contributed by atoms with van der Waals surface area (Å²) in [7, 11) is 0. The third-order valence-electron chi connectivity index (χ3n) is 3.89. The quantitative estimate of drug-likeness (QED) is 0.898. The summed E-state index contributed by atoms with van der Waals surface area (Å²) in [6.45, 7) is 13.0. The fourth-order valence-corrected chi connectivity index (χ4v) is 2.77. The number of aliphatic hydroxyl groups is 1. The minimum absolute atomic E-state index is 0.0645. The molecule has 1 fully saturated rings.